The van der Waals surface area contributed by atoms with Crippen LogP contribution in [-0.2, 0) is 9.59 Å². The molecule has 1 aliphatic rings. The molecule has 1 atom stereocenters. The zero-order valence-corrected chi connectivity index (χ0v) is 12.0. The fourth-order valence-electron chi connectivity index (χ4n) is 1.86. The summed E-state index contributed by atoms with van der Waals surface area (Å²) in [4.78, 5) is 23.1. The Labute approximate surface area is 127 Å². The number of nitrogens with zero attached hydrogens (tertiary/aromatic N) is 1. The molecule has 7 heteroatoms. The molecule has 1 heterocycles. The van der Waals surface area contributed by atoms with Crippen LogP contribution in [0.2, 0.25) is 5.02 Å². The molecule has 1 saturated heterocycles. The fraction of sp³-hybridized carbons (Fsp3) is 0.214. The highest BCUT2D eigenvalue weighted by Gasteiger charge is 2.27. The minimum absolute atomic E-state index is 0.174. The van der Waals surface area contributed by atoms with Gasteiger partial charge in [-0.2, -0.15) is 5.10 Å². The quantitative estimate of drug-likeness (QED) is 0.567. The van der Waals surface area contributed by atoms with Crippen molar-refractivity contribution >= 4 is 29.6 Å². The molecular formula is C14H15ClN4O2. The van der Waals surface area contributed by atoms with Gasteiger partial charge < -0.3 is 5.43 Å². The smallest absolute Gasteiger partial charge is 0.247 e. The van der Waals surface area contributed by atoms with Crippen LogP contribution in [0.5, 0.6) is 0 Å². The molecule has 1 aliphatic heterocycles. The number of rotatable bonds is 5. The van der Waals surface area contributed by atoms with Gasteiger partial charge in [-0.25, -0.2) is 5.43 Å². The Balaban J connectivity index is 1.79. The Kier molecular flexibility index (Phi) is 4.94. The van der Waals surface area contributed by atoms with Gasteiger partial charge in [-0.15, -0.1) is 0 Å². The molecule has 21 heavy (non-hydrogen) atoms. The van der Waals surface area contributed by atoms with Crippen molar-refractivity contribution in [2.75, 3.05) is 0 Å². The molecule has 0 bridgehead atoms. The summed E-state index contributed by atoms with van der Waals surface area (Å²) in [6.07, 6.45) is 2.03. The Bertz CT molecular complexity index is 584. The minimum Gasteiger partial charge on any atom is -0.303 e. The predicted octanol–water partition coefficient (Wildman–Crippen LogP) is 1.33. The first-order valence-corrected chi connectivity index (χ1v) is 6.77. The van der Waals surface area contributed by atoms with Crippen molar-refractivity contribution in [1.82, 2.24) is 16.3 Å². The lowest BCUT2D eigenvalue weighted by molar-refractivity contribution is -0.123. The molecule has 6 nitrogen and oxygen atoms in total. The molecule has 3 N–H and O–H groups in total. The number of benzene rings is 1. The summed E-state index contributed by atoms with van der Waals surface area (Å²) in [5.41, 5.74) is 8.79. The first-order chi connectivity index (χ1) is 10.1. The third-order valence-corrected chi connectivity index (χ3v) is 3.39. The zero-order valence-electron chi connectivity index (χ0n) is 11.2. The molecule has 1 unspecified atom stereocenters. The van der Waals surface area contributed by atoms with E-state index < -0.39 is 0 Å². The number of carbonyl (C=O) groups excluding carboxylic acids is 2. The van der Waals surface area contributed by atoms with Crippen LogP contribution in [0.4, 0.5) is 0 Å². The lowest BCUT2D eigenvalue weighted by Crippen LogP contribution is -2.26. The largest absolute Gasteiger partial charge is 0.303 e. The molecule has 2 amide bonds. The van der Waals surface area contributed by atoms with E-state index in [9.17, 15) is 9.59 Å². The van der Waals surface area contributed by atoms with Crippen molar-refractivity contribution in [3.8, 4) is 0 Å². The van der Waals surface area contributed by atoms with E-state index in [1.165, 1.54) is 6.21 Å². The number of hydrazone groups is 1. The van der Waals surface area contributed by atoms with Crippen molar-refractivity contribution in [1.29, 1.82) is 0 Å². The lowest BCUT2D eigenvalue weighted by Gasteiger charge is -2.05. The number of carbonyl (C=O) groups is 2. The summed E-state index contributed by atoms with van der Waals surface area (Å²) in [6.45, 7) is 3.71. The van der Waals surface area contributed by atoms with Gasteiger partial charge in [-0.05, 0) is 12.5 Å². The van der Waals surface area contributed by atoms with Gasteiger partial charge in [0.25, 0.3) is 0 Å². The van der Waals surface area contributed by atoms with E-state index in [1.807, 2.05) is 12.1 Å². The van der Waals surface area contributed by atoms with E-state index >= 15 is 0 Å². The average molecular weight is 307 g/mol. The van der Waals surface area contributed by atoms with E-state index in [4.69, 9.17) is 11.6 Å². The minimum atomic E-state index is -0.386. The normalized spacial score (nSPS) is 17.7. The first kappa shape index (κ1) is 15.1. The van der Waals surface area contributed by atoms with E-state index in [-0.39, 0.29) is 24.2 Å². The molecule has 1 aromatic rings. The van der Waals surface area contributed by atoms with Crippen LogP contribution >= 0.6 is 11.6 Å². The van der Waals surface area contributed by atoms with Crippen LogP contribution in [-0.4, -0.2) is 18.0 Å². The maximum atomic E-state index is 11.6. The van der Waals surface area contributed by atoms with Gasteiger partial charge in [-0.1, -0.05) is 36.4 Å². The summed E-state index contributed by atoms with van der Waals surface area (Å²) < 4.78 is 0. The standard InChI is InChI=1S/C14H15ClN4O2/c1-9-11(14(21)19-17-9)6-7-13(20)18-16-8-10-4-2-3-5-12(10)15/h2-5,8,11,17H,1,6-7H2,(H,18,20)(H,19,21). The van der Waals surface area contributed by atoms with Crippen LogP contribution < -0.4 is 16.3 Å². The third-order valence-electron chi connectivity index (χ3n) is 3.04. The Morgan fingerprint density at radius 3 is 2.86 bits per heavy atom. The maximum absolute atomic E-state index is 11.6. The van der Waals surface area contributed by atoms with Gasteiger partial charge >= 0.3 is 0 Å². The molecular weight excluding hydrogens is 292 g/mol. The molecule has 0 radical (unpaired) electrons. The second-order valence-corrected chi connectivity index (χ2v) is 4.95. The molecule has 0 saturated carbocycles. The highest BCUT2D eigenvalue weighted by molar-refractivity contribution is 6.33. The fourth-order valence-corrected chi connectivity index (χ4v) is 2.05. The lowest BCUT2D eigenvalue weighted by atomic mass is 10.0. The van der Waals surface area contributed by atoms with Gasteiger partial charge in [0.2, 0.25) is 11.8 Å². The van der Waals surface area contributed by atoms with Gasteiger partial charge in [0.1, 0.15) is 0 Å². The van der Waals surface area contributed by atoms with Crippen molar-refractivity contribution in [2.45, 2.75) is 12.8 Å². The number of hydrazine groups is 1. The Morgan fingerprint density at radius 2 is 2.19 bits per heavy atom. The van der Waals surface area contributed by atoms with Gasteiger partial charge in [0.15, 0.2) is 0 Å². The maximum Gasteiger partial charge on any atom is 0.247 e. The average Bonchev–Trinajstić information content (AvgIpc) is 2.78. The van der Waals surface area contributed by atoms with Crippen molar-refractivity contribution in [3.63, 3.8) is 0 Å². The van der Waals surface area contributed by atoms with Crippen LogP contribution in [0.15, 0.2) is 41.6 Å². The Morgan fingerprint density at radius 1 is 1.43 bits per heavy atom. The summed E-state index contributed by atoms with van der Waals surface area (Å²) >= 11 is 5.95. The molecule has 1 aromatic carbocycles. The summed E-state index contributed by atoms with van der Waals surface area (Å²) in [5.74, 6) is -0.832. The number of halogens is 1. The van der Waals surface area contributed by atoms with Crippen molar-refractivity contribution in [3.05, 3.63) is 47.1 Å². The molecule has 0 spiro atoms. The summed E-state index contributed by atoms with van der Waals surface area (Å²) in [6, 6.07) is 7.16. The molecule has 110 valence electrons. The van der Waals surface area contributed by atoms with Crippen molar-refractivity contribution in [2.24, 2.45) is 11.0 Å². The number of amides is 2. The van der Waals surface area contributed by atoms with Crippen molar-refractivity contribution < 1.29 is 9.59 Å². The summed E-state index contributed by atoms with van der Waals surface area (Å²) in [7, 11) is 0. The monoisotopic (exact) mass is 306 g/mol. The van der Waals surface area contributed by atoms with Gasteiger partial charge in [0, 0.05) is 22.7 Å². The highest BCUT2D eigenvalue weighted by Crippen LogP contribution is 2.17. The van der Waals surface area contributed by atoms with Gasteiger partial charge in [0.05, 0.1) is 12.1 Å². The van der Waals surface area contributed by atoms with E-state index in [0.29, 0.717) is 22.7 Å². The van der Waals surface area contributed by atoms with Crippen LogP contribution in [0, 0.1) is 5.92 Å². The number of hydrogen-bond donors (Lipinski definition) is 3. The second kappa shape index (κ2) is 6.90. The first-order valence-electron chi connectivity index (χ1n) is 6.39. The molecule has 1 fully saturated rings. The predicted molar refractivity (Wildman–Crippen MR) is 80.3 cm³/mol. The molecule has 2 rings (SSSR count). The zero-order chi connectivity index (χ0) is 15.2. The van der Waals surface area contributed by atoms with E-state index in [1.54, 1.807) is 12.1 Å². The molecule has 0 aliphatic carbocycles. The number of nitrogens with one attached hydrogen (secondary N) is 3. The van der Waals surface area contributed by atoms with Crippen LogP contribution in [0.25, 0.3) is 0 Å². The van der Waals surface area contributed by atoms with Crippen LogP contribution in [0.1, 0.15) is 18.4 Å². The Hall–Kier alpha value is -2.34. The summed E-state index contributed by atoms with van der Waals surface area (Å²) in [5, 5.41) is 4.39. The second-order valence-electron chi connectivity index (χ2n) is 4.55. The number of hydrogen-bond acceptors (Lipinski definition) is 4. The van der Waals surface area contributed by atoms with Gasteiger partial charge in [-0.3, -0.25) is 15.0 Å². The van der Waals surface area contributed by atoms with E-state index in [2.05, 4.69) is 28.0 Å². The SMILES string of the molecule is C=C1NNC(=O)C1CCC(=O)NN=Cc1ccccc1Cl. The highest BCUT2D eigenvalue weighted by atomic mass is 35.5. The molecule has 0 aromatic heterocycles. The van der Waals surface area contributed by atoms with E-state index in [0.717, 1.165) is 0 Å². The topological polar surface area (TPSA) is 82.6 Å². The van der Waals surface area contributed by atoms with Crippen LogP contribution in [0.3, 0.4) is 0 Å². The third kappa shape index (κ3) is 4.06.